The number of benzene rings is 2. The van der Waals surface area contributed by atoms with Gasteiger partial charge in [-0.25, -0.2) is 4.79 Å². The van der Waals surface area contributed by atoms with Gasteiger partial charge in [-0.3, -0.25) is 24.2 Å². The fourth-order valence-electron chi connectivity index (χ4n) is 6.97. The molecule has 5 amide bonds. The fraction of sp³-hybridized carbons (Fsp3) is 0.500. The van der Waals surface area contributed by atoms with E-state index in [1.54, 1.807) is 0 Å². The molecule has 3 aromatic rings. The molecule has 1 aromatic heterocycles. The van der Waals surface area contributed by atoms with E-state index in [-0.39, 0.29) is 31.3 Å². The number of ether oxygens (including phenoxy) is 1. The van der Waals surface area contributed by atoms with Crippen molar-refractivity contribution in [1.82, 2.24) is 25.3 Å². The van der Waals surface area contributed by atoms with Crippen LogP contribution < -0.4 is 10.6 Å². The van der Waals surface area contributed by atoms with Gasteiger partial charge in [-0.2, -0.15) is 0 Å². The number of nitrogens with zero attached hydrogens (tertiary/aromatic N) is 3. The number of hydrogen-bond acceptors (Lipinski definition) is 7. The number of amides is 5. The van der Waals surface area contributed by atoms with Crippen LogP contribution in [0.5, 0.6) is 0 Å². The number of fused-ring (bicyclic) bond motifs is 1. The van der Waals surface area contributed by atoms with E-state index in [0.717, 1.165) is 67.6 Å². The largest absolute Gasteiger partial charge is 0.377 e. The maximum absolute atomic E-state index is 14.3. The van der Waals surface area contributed by atoms with Crippen molar-refractivity contribution in [1.29, 1.82) is 0 Å². The molecule has 6 rings (SSSR count). The molecule has 2 saturated heterocycles. The van der Waals surface area contributed by atoms with E-state index >= 15 is 0 Å². The van der Waals surface area contributed by atoms with Crippen LogP contribution in [0.1, 0.15) is 60.2 Å². The third kappa shape index (κ3) is 8.20. The van der Waals surface area contributed by atoms with Crippen LogP contribution in [0.15, 0.2) is 60.7 Å². The number of hydrogen-bond donors (Lipinski definition) is 2. The number of imide groups is 1. The van der Waals surface area contributed by atoms with Crippen molar-refractivity contribution in [2.75, 3.05) is 52.4 Å². The first-order valence-electron chi connectivity index (χ1n) is 17.0. The van der Waals surface area contributed by atoms with E-state index in [1.807, 2.05) is 65.6 Å². The number of thiophene rings is 1. The molecule has 11 heteroatoms. The summed E-state index contributed by atoms with van der Waals surface area (Å²) in [6.45, 7) is 4.99. The number of rotatable bonds is 11. The highest BCUT2D eigenvalue weighted by molar-refractivity contribution is 7.20. The lowest BCUT2D eigenvalue weighted by Crippen LogP contribution is -2.61. The molecular weight excluding hydrogens is 614 g/mol. The van der Waals surface area contributed by atoms with Gasteiger partial charge in [0.2, 0.25) is 5.91 Å². The Morgan fingerprint density at radius 1 is 0.936 bits per heavy atom. The Kier molecular flexibility index (Phi) is 10.9. The van der Waals surface area contributed by atoms with Crippen molar-refractivity contribution < 1.29 is 23.9 Å². The van der Waals surface area contributed by atoms with Crippen molar-refractivity contribution >= 4 is 45.2 Å². The minimum absolute atomic E-state index is 0.00732. The van der Waals surface area contributed by atoms with E-state index in [1.165, 1.54) is 16.2 Å². The monoisotopic (exact) mass is 659 g/mol. The Morgan fingerprint density at radius 2 is 1.68 bits per heavy atom. The summed E-state index contributed by atoms with van der Waals surface area (Å²) in [4.78, 5) is 60.6. The summed E-state index contributed by atoms with van der Waals surface area (Å²) in [5, 5.41) is 6.91. The summed E-state index contributed by atoms with van der Waals surface area (Å²) in [6.07, 6.45) is 5.65. The molecule has 3 aliphatic rings. The standard InChI is InChI=1S/C36H45N5O5S/c42-32(40-22-20-39(21-23-40)26-29-12-8-24-46-29)14-18-37-35(45)41(19-15-27-9-2-1-3-10-27)34(44)36(16-6-7-17-36)38-33(43)31-25-28-11-4-5-13-30(28)47-31/h1-5,9-11,13,25,29H,6-8,12,14-24,26H2,(H,37,45)(H,38,43)/t29-/m1/s1. The Bertz CT molecular complexity index is 1510. The Morgan fingerprint density at radius 3 is 2.40 bits per heavy atom. The molecule has 0 radical (unpaired) electrons. The first kappa shape index (κ1) is 33.1. The summed E-state index contributed by atoms with van der Waals surface area (Å²) in [5.74, 6) is -0.704. The predicted octanol–water partition coefficient (Wildman–Crippen LogP) is 4.44. The van der Waals surface area contributed by atoms with Crippen molar-refractivity contribution in [3.05, 3.63) is 71.1 Å². The zero-order valence-electron chi connectivity index (χ0n) is 27.0. The summed E-state index contributed by atoms with van der Waals surface area (Å²) >= 11 is 1.39. The SMILES string of the molecule is O=C(NC1(C(=O)N(CCc2ccccc2)C(=O)NCCC(=O)N2CCN(C[C@H]3CCCO3)CC2)CCCC1)c1cc2ccccc2s1. The topological polar surface area (TPSA) is 111 Å². The minimum atomic E-state index is -1.17. The zero-order chi connectivity index (χ0) is 32.6. The molecule has 2 aliphatic heterocycles. The highest BCUT2D eigenvalue weighted by atomic mass is 32.1. The zero-order valence-corrected chi connectivity index (χ0v) is 27.8. The second-order valence-electron chi connectivity index (χ2n) is 12.9. The predicted molar refractivity (Wildman–Crippen MR) is 182 cm³/mol. The lowest BCUT2D eigenvalue weighted by Gasteiger charge is -2.36. The molecule has 10 nitrogen and oxygen atoms in total. The maximum atomic E-state index is 14.3. The van der Waals surface area contributed by atoms with Crippen LogP contribution in [0.4, 0.5) is 4.79 Å². The Labute approximate surface area is 280 Å². The number of piperazine rings is 1. The third-order valence-electron chi connectivity index (χ3n) is 9.65. The van der Waals surface area contributed by atoms with E-state index in [9.17, 15) is 19.2 Å². The number of carbonyl (C=O) groups excluding carboxylic acids is 4. The van der Waals surface area contributed by atoms with Gasteiger partial charge in [0.05, 0.1) is 11.0 Å². The fourth-order valence-corrected chi connectivity index (χ4v) is 7.93. The number of urea groups is 1. The van der Waals surface area contributed by atoms with Gasteiger partial charge in [0.25, 0.3) is 11.8 Å². The maximum Gasteiger partial charge on any atom is 0.324 e. The molecule has 0 spiro atoms. The summed E-state index contributed by atoms with van der Waals surface area (Å²) in [7, 11) is 0. The third-order valence-corrected chi connectivity index (χ3v) is 10.8. The van der Waals surface area contributed by atoms with E-state index in [4.69, 9.17) is 4.74 Å². The summed E-state index contributed by atoms with van der Waals surface area (Å²) in [6, 6.07) is 18.8. The molecular formula is C36H45N5O5S. The average molecular weight is 660 g/mol. The second-order valence-corrected chi connectivity index (χ2v) is 14.0. The highest BCUT2D eigenvalue weighted by Crippen LogP contribution is 2.33. The van der Waals surface area contributed by atoms with Gasteiger partial charge < -0.3 is 20.3 Å². The van der Waals surface area contributed by atoms with Crippen molar-refractivity contribution in [3.8, 4) is 0 Å². The quantitative estimate of drug-likeness (QED) is 0.315. The first-order chi connectivity index (χ1) is 22.9. The van der Waals surface area contributed by atoms with Gasteiger partial charge in [0.1, 0.15) is 5.54 Å². The van der Waals surface area contributed by atoms with Crippen LogP contribution in [-0.2, 0) is 20.7 Å². The van der Waals surface area contributed by atoms with Crippen LogP contribution in [-0.4, -0.2) is 103 Å². The molecule has 47 heavy (non-hydrogen) atoms. The van der Waals surface area contributed by atoms with Crippen LogP contribution >= 0.6 is 11.3 Å². The van der Waals surface area contributed by atoms with Crippen molar-refractivity contribution in [2.24, 2.45) is 0 Å². The van der Waals surface area contributed by atoms with Gasteiger partial charge in [0, 0.05) is 63.5 Å². The Hall–Kier alpha value is -3.80. The van der Waals surface area contributed by atoms with Gasteiger partial charge >= 0.3 is 6.03 Å². The lowest BCUT2D eigenvalue weighted by molar-refractivity contribution is -0.134. The van der Waals surface area contributed by atoms with Crippen LogP contribution in [0.25, 0.3) is 10.1 Å². The molecule has 3 heterocycles. The van der Waals surface area contributed by atoms with Gasteiger partial charge in [-0.15, -0.1) is 11.3 Å². The first-order valence-corrected chi connectivity index (χ1v) is 17.8. The number of nitrogens with one attached hydrogen (secondary N) is 2. The van der Waals surface area contributed by atoms with Crippen LogP contribution in [0.2, 0.25) is 0 Å². The molecule has 2 aromatic carbocycles. The molecule has 1 aliphatic carbocycles. The summed E-state index contributed by atoms with van der Waals surface area (Å²) < 4.78 is 6.77. The normalized spacial score (nSPS) is 19.5. The minimum Gasteiger partial charge on any atom is -0.377 e. The van der Waals surface area contributed by atoms with Crippen molar-refractivity contribution in [3.63, 3.8) is 0 Å². The molecule has 0 unspecified atom stereocenters. The van der Waals surface area contributed by atoms with E-state index < -0.39 is 17.5 Å². The Balaban J connectivity index is 1.08. The lowest BCUT2D eigenvalue weighted by atomic mass is 9.94. The van der Waals surface area contributed by atoms with Crippen LogP contribution in [0, 0.1) is 0 Å². The smallest absolute Gasteiger partial charge is 0.324 e. The number of carbonyl (C=O) groups is 4. The van der Waals surface area contributed by atoms with Gasteiger partial charge in [-0.05, 0) is 55.2 Å². The van der Waals surface area contributed by atoms with Gasteiger partial charge in [-0.1, -0.05) is 61.4 Å². The average Bonchev–Trinajstić information content (AvgIpc) is 3.88. The van der Waals surface area contributed by atoms with E-state index in [2.05, 4.69) is 15.5 Å². The molecule has 1 atom stereocenters. The van der Waals surface area contributed by atoms with Gasteiger partial charge in [0.15, 0.2) is 0 Å². The van der Waals surface area contributed by atoms with E-state index in [0.29, 0.717) is 43.3 Å². The van der Waals surface area contributed by atoms with Crippen molar-refractivity contribution in [2.45, 2.75) is 63.0 Å². The highest BCUT2D eigenvalue weighted by Gasteiger charge is 2.46. The summed E-state index contributed by atoms with van der Waals surface area (Å²) in [5.41, 5.74) is -0.165. The molecule has 250 valence electrons. The molecule has 2 N–H and O–H groups in total. The second kappa shape index (κ2) is 15.4. The molecule has 0 bridgehead atoms. The van der Waals surface area contributed by atoms with Crippen LogP contribution in [0.3, 0.4) is 0 Å². The molecule has 3 fully saturated rings. The molecule has 1 saturated carbocycles.